The number of aromatic amines is 1. The maximum Gasteiger partial charge on any atom is 0.356 e. The Morgan fingerprint density at radius 2 is 2.18 bits per heavy atom. The number of imidazole rings is 1. The second kappa shape index (κ2) is 4.10. The average Bonchev–Trinajstić information content (AvgIpc) is 2.53. The van der Waals surface area contributed by atoms with Gasteiger partial charge in [0.15, 0.2) is 5.69 Å². The number of hydrogen-bond acceptors (Lipinski definition) is 3. The zero-order valence-electron chi connectivity index (χ0n) is 8.48. The highest BCUT2D eigenvalue weighted by atomic mass is 79.9. The van der Waals surface area contributed by atoms with Crippen LogP contribution < -0.4 is 11.4 Å². The first-order chi connectivity index (χ1) is 8.00. The Morgan fingerprint density at radius 3 is 2.76 bits per heavy atom. The predicted octanol–water partition coefficient (Wildman–Crippen LogP) is 1.21. The minimum Gasteiger partial charge on any atom is -0.476 e. The van der Waals surface area contributed by atoms with Crippen molar-refractivity contribution in [3.8, 4) is 5.69 Å². The van der Waals surface area contributed by atoms with Gasteiger partial charge in [-0.25, -0.2) is 9.59 Å². The van der Waals surface area contributed by atoms with E-state index in [1.54, 1.807) is 24.3 Å². The van der Waals surface area contributed by atoms with E-state index in [4.69, 9.17) is 10.8 Å². The smallest absolute Gasteiger partial charge is 0.356 e. The zero-order valence-corrected chi connectivity index (χ0v) is 10.1. The zero-order chi connectivity index (χ0) is 12.6. The maximum absolute atomic E-state index is 11.6. The molecule has 0 aliphatic heterocycles. The summed E-state index contributed by atoms with van der Waals surface area (Å²) in [4.78, 5) is 24.9. The third-order valence-electron chi connectivity index (χ3n) is 2.19. The molecule has 0 bridgehead atoms. The van der Waals surface area contributed by atoms with Gasteiger partial charge in [-0.2, -0.15) is 0 Å². The number of hydrogen-bond donors (Lipinski definition) is 3. The van der Waals surface area contributed by atoms with Crippen LogP contribution in [0.4, 0.5) is 5.82 Å². The molecular formula is C10H8BrN3O3. The van der Waals surface area contributed by atoms with Gasteiger partial charge in [-0.15, -0.1) is 0 Å². The van der Waals surface area contributed by atoms with Crippen molar-refractivity contribution in [1.82, 2.24) is 9.55 Å². The summed E-state index contributed by atoms with van der Waals surface area (Å²) in [7, 11) is 0. The van der Waals surface area contributed by atoms with E-state index in [1.807, 2.05) is 0 Å². The van der Waals surface area contributed by atoms with Crippen LogP contribution in [0.2, 0.25) is 0 Å². The second-order valence-electron chi connectivity index (χ2n) is 3.31. The van der Waals surface area contributed by atoms with Crippen LogP contribution in [0, 0.1) is 0 Å². The molecule has 0 aliphatic rings. The van der Waals surface area contributed by atoms with Crippen molar-refractivity contribution in [3.05, 3.63) is 44.9 Å². The molecule has 0 saturated carbocycles. The number of halogens is 1. The second-order valence-corrected chi connectivity index (χ2v) is 4.23. The van der Waals surface area contributed by atoms with E-state index in [1.165, 1.54) is 0 Å². The van der Waals surface area contributed by atoms with Crippen molar-refractivity contribution in [2.45, 2.75) is 0 Å². The molecule has 88 valence electrons. The standard InChI is InChI=1S/C10H8BrN3O3/c11-5-2-1-3-6(4-5)14-7(9(15)16)8(12)13-10(14)17/h1-4H,12H2,(H,13,17)(H,15,16). The van der Waals surface area contributed by atoms with Gasteiger partial charge in [-0.1, -0.05) is 22.0 Å². The van der Waals surface area contributed by atoms with Crippen molar-refractivity contribution < 1.29 is 9.90 Å². The van der Waals surface area contributed by atoms with Crippen molar-refractivity contribution in [1.29, 1.82) is 0 Å². The number of rotatable bonds is 2. The fourth-order valence-electron chi connectivity index (χ4n) is 1.52. The first-order valence-corrected chi connectivity index (χ1v) is 5.39. The summed E-state index contributed by atoms with van der Waals surface area (Å²) < 4.78 is 1.75. The molecule has 2 rings (SSSR count). The number of benzene rings is 1. The molecule has 0 saturated heterocycles. The molecule has 1 heterocycles. The molecule has 0 fully saturated rings. The molecule has 1 aromatic carbocycles. The van der Waals surface area contributed by atoms with E-state index < -0.39 is 11.7 Å². The Labute approximate surface area is 104 Å². The summed E-state index contributed by atoms with van der Waals surface area (Å²) in [5.74, 6) is -1.43. The van der Waals surface area contributed by atoms with Gasteiger partial charge in [-0.3, -0.25) is 9.55 Å². The molecule has 2 aromatic rings. The van der Waals surface area contributed by atoms with E-state index in [9.17, 15) is 9.59 Å². The lowest BCUT2D eigenvalue weighted by atomic mass is 10.3. The molecule has 7 heteroatoms. The Morgan fingerprint density at radius 1 is 1.47 bits per heavy atom. The highest BCUT2D eigenvalue weighted by molar-refractivity contribution is 9.10. The number of nitrogens with one attached hydrogen (secondary N) is 1. The topological polar surface area (TPSA) is 101 Å². The Hall–Kier alpha value is -2.02. The van der Waals surface area contributed by atoms with E-state index >= 15 is 0 Å². The van der Waals surface area contributed by atoms with Crippen LogP contribution in [-0.4, -0.2) is 20.6 Å². The van der Waals surface area contributed by atoms with Gasteiger partial charge >= 0.3 is 11.7 Å². The first kappa shape index (κ1) is 11.5. The minimum atomic E-state index is -1.26. The predicted molar refractivity (Wildman–Crippen MR) is 65.5 cm³/mol. The Kier molecular flexibility index (Phi) is 2.76. The van der Waals surface area contributed by atoms with Crippen LogP contribution in [0.3, 0.4) is 0 Å². The average molecular weight is 298 g/mol. The quantitative estimate of drug-likeness (QED) is 0.775. The minimum absolute atomic E-state index is 0.164. The third-order valence-corrected chi connectivity index (χ3v) is 2.69. The van der Waals surface area contributed by atoms with E-state index in [0.29, 0.717) is 5.69 Å². The summed E-state index contributed by atoms with van der Waals surface area (Å²) in [5.41, 5.74) is 5.02. The van der Waals surface area contributed by atoms with Crippen molar-refractivity contribution in [2.24, 2.45) is 0 Å². The van der Waals surface area contributed by atoms with Crippen LogP contribution in [0.1, 0.15) is 10.5 Å². The molecule has 1 aromatic heterocycles. The molecule has 0 spiro atoms. The molecular weight excluding hydrogens is 290 g/mol. The number of H-pyrrole nitrogens is 1. The first-order valence-electron chi connectivity index (χ1n) is 4.60. The normalized spacial score (nSPS) is 10.4. The summed E-state index contributed by atoms with van der Waals surface area (Å²) in [6.45, 7) is 0. The molecule has 0 amide bonds. The van der Waals surface area contributed by atoms with E-state index in [2.05, 4.69) is 20.9 Å². The molecule has 0 atom stereocenters. The van der Waals surface area contributed by atoms with Crippen molar-refractivity contribution in [2.75, 3.05) is 5.73 Å². The number of anilines is 1. The molecule has 17 heavy (non-hydrogen) atoms. The third kappa shape index (κ3) is 1.96. The van der Waals surface area contributed by atoms with E-state index in [-0.39, 0.29) is 11.5 Å². The summed E-state index contributed by atoms with van der Waals surface area (Å²) in [6.07, 6.45) is 0. The van der Waals surface area contributed by atoms with Gasteiger partial charge in [-0.05, 0) is 18.2 Å². The fraction of sp³-hybridized carbons (Fsp3) is 0. The van der Waals surface area contributed by atoms with Crippen LogP contribution >= 0.6 is 15.9 Å². The van der Waals surface area contributed by atoms with Crippen LogP contribution in [0.25, 0.3) is 5.69 Å². The van der Waals surface area contributed by atoms with Gasteiger partial charge in [0.05, 0.1) is 5.69 Å². The number of aromatic carboxylic acids is 1. The molecule has 6 nitrogen and oxygen atoms in total. The monoisotopic (exact) mass is 297 g/mol. The summed E-state index contributed by atoms with van der Waals surface area (Å²) in [6, 6.07) is 6.71. The van der Waals surface area contributed by atoms with Crippen LogP contribution in [0.5, 0.6) is 0 Å². The lowest BCUT2D eigenvalue weighted by Crippen LogP contribution is -2.19. The number of nitrogen functional groups attached to an aromatic ring is 1. The lowest BCUT2D eigenvalue weighted by Gasteiger charge is -2.04. The molecule has 0 unspecified atom stereocenters. The van der Waals surface area contributed by atoms with Crippen molar-refractivity contribution >= 4 is 27.7 Å². The highest BCUT2D eigenvalue weighted by Gasteiger charge is 2.19. The fourth-order valence-corrected chi connectivity index (χ4v) is 1.91. The summed E-state index contributed by atoms with van der Waals surface area (Å²) in [5, 5.41) is 9.02. The maximum atomic E-state index is 11.6. The van der Waals surface area contributed by atoms with Gasteiger partial charge in [0.25, 0.3) is 0 Å². The molecule has 0 radical (unpaired) electrons. The summed E-state index contributed by atoms with van der Waals surface area (Å²) >= 11 is 3.25. The number of nitrogens with two attached hydrogens (primary N) is 1. The largest absolute Gasteiger partial charge is 0.476 e. The van der Waals surface area contributed by atoms with Crippen LogP contribution in [-0.2, 0) is 0 Å². The number of carboxylic acid groups (broad SMARTS) is 1. The van der Waals surface area contributed by atoms with Crippen molar-refractivity contribution in [3.63, 3.8) is 0 Å². The Balaban J connectivity index is 2.75. The number of carbonyl (C=O) groups is 1. The van der Waals surface area contributed by atoms with Gasteiger partial charge in [0.1, 0.15) is 5.82 Å². The highest BCUT2D eigenvalue weighted by Crippen LogP contribution is 2.17. The SMILES string of the molecule is Nc1[nH]c(=O)n(-c2cccc(Br)c2)c1C(=O)O. The number of carboxylic acids is 1. The Bertz CT molecular complexity index is 644. The van der Waals surface area contributed by atoms with Crippen LogP contribution in [0.15, 0.2) is 33.5 Å². The number of aromatic nitrogens is 2. The lowest BCUT2D eigenvalue weighted by molar-refractivity contribution is 0.0689. The molecule has 0 aliphatic carbocycles. The number of nitrogens with zero attached hydrogens (tertiary/aromatic N) is 1. The molecule has 4 N–H and O–H groups in total. The van der Waals surface area contributed by atoms with Gasteiger partial charge in [0.2, 0.25) is 0 Å². The van der Waals surface area contributed by atoms with Gasteiger partial charge < -0.3 is 10.8 Å². The van der Waals surface area contributed by atoms with Gasteiger partial charge in [0, 0.05) is 4.47 Å². The van der Waals surface area contributed by atoms with E-state index in [0.717, 1.165) is 9.04 Å².